The van der Waals surface area contributed by atoms with Crippen LogP contribution in [-0.2, 0) is 11.2 Å². The maximum absolute atomic E-state index is 11.4. The van der Waals surface area contributed by atoms with Gasteiger partial charge in [0.1, 0.15) is 0 Å². The predicted octanol–water partition coefficient (Wildman–Crippen LogP) is 2.11. The summed E-state index contributed by atoms with van der Waals surface area (Å²) in [4.78, 5) is 11.4. The molecule has 14 heavy (non-hydrogen) atoms. The van der Waals surface area contributed by atoms with E-state index >= 15 is 0 Å². The molecule has 0 aromatic heterocycles. The van der Waals surface area contributed by atoms with E-state index in [0.29, 0.717) is 6.42 Å². The van der Waals surface area contributed by atoms with Gasteiger partial charge in [0.2, 0.25) is 0 Å². The summed E-state index contributed by atoms with van der Waals surface area (Å²) in [6, 6.07) is 5.19. The van der Waals surface area contributed by atoms with Crippen LogP contribution in [0.15, 0.2) is 18.2 Å². The number of carbonyl (C=O) groups excluding carboxylic acids is 1. The van der Waals surface area contributed by atoms with Crippen LogP contribution in [0.4, 0.5) is 0 Å². The molecule has 0 bridgehead atoms. The van der Waals surface area contributed by atoms with Gasteiger partial charge >= 0.3 is 0 Å². The van der Waals surface area contributed by atoms with Crippen LogP contribution >= 0.6 is 11.6 Å². The highest BCUT2D eigenvalue weighted by atomic mass is 35.5. The quantitative estimate of drug-likeness (QED) is 0.832. The Morgan fingerprint density at radius 1 is 1.57 bits per heavy atom. The van der Waals surface area contributed by atoms with Crippen molar-refractivity contribution < 1.29 is 4.79 Å². The molecule has 0 radical (unpaired) electrons. The normalized spacial score (nSPS) is 12.6. The minimum Gasteiger partial charge on any atom is -0.322 e. The van der Waals surface area contributed by atoms with Gasteiger partial charge in [-0.25, -0.2) is 0 Å². The topological polar surface area (TPSA) is 43.1 Å². The van der Waals surface area contributed by atoms with E-state index in [2.05, 4.69) is 0 Å². The first kappa shape index (κ1) is 11.2. The molecule has 1 aromatic rings. The van der Waals surface area contributed by atoms with E-state index in [9.17, 15) is 4.79 Å². The van der Waals surface area contributed by atoms with E-state index in [4.69, 9.17) is 17.3 Å². The molecule has 1 aromatic carbocycles. The van der Waals surface area contributed by atoms with Crippen molar-refractivity contribution in [3.8, 4) is 0 Å². The van der Waals surface area contributed by atoms with E-state index in [0.717, 1.165) is 16.1 Å². The zero-order chi connectivity index (χ0) is 10.7. The Morgan fingerprint density at radius 3 is 2.71 bits per heavy atom. The Morgan fingerprint density at radius 2 is 2.21 bits per heavy atom. The molecule has 76 valence electrons. The van der Waals surface area contributed by atoms with Crippen LogP contribution in [0.5, 0.6) is 0 Å². The molecular formula is C11H14ClNO. The number of hydrogen-bond acceptors (Lipinski definition) is 2. The third-order valence-electron chi connectivity index (χ3n) is 2.11. The van der Waals surface area contributed by atoms with Crippen molar-refractivity contribution in [1.82, 2.24) is 0 Å². The summed E-state index contributed by atoms with van der Waals surface area (Å²) in [5.41, 5.74) is 7.43. The third kappa shape index (κ3) is 2.82. The predicted molar refractivity (Wildman–Crippen MR) is 58.5 cm³/mol. The summed E-state index contributed by atoms with van der Waals surface area (Å²) in [5, 5.41) is 0.724. The average Bonchev–Trinajstić information content (AvgIpc) is 2.11. The molecule has 1 atom stereocenters. The summed E-state index contributed by atoms with van der Waals surface area (Å²) >= 11 is 5.87. The van der Waals surface area contributed by atoms with E-state index in [1.807, 2.05) is 19.1 Å². The Bertz CT molecular complexity index is 347. The van der Waals surface area contributed by atoms with Crippen molar-refractivity contribution in [1.29, 1.82) is 0 Å². The van der Waals surface area contributed by atoms with Gasteiger partial charge in [-0.05, 0) is 31.0 Å². The van der Waals surface area contributed by atoms with Crippen molar-refractivity contribution in [2.75, 3.05) is 0 Å². The SMILES string of the molecule is Cc1cc(CC(=O)[C@@H](C)N)ccc1Cl. The second-order valence-corrected chi connectivity index (χ2v) is 3.92. The molecule has 0 aliphatic heterocycles. The second kappa shape index (κ2) is 4.58. The van der Waals surface area contributed by atoms with Gasteiger partial charge in [0, 0.05) is 11.4 Å². The number of benzene rings is 1. The summed E-state index contributed by atoms with van der Waals surface area (Å²) in [7, 11) is 0. The highest BCUT2D eigenvalue weighted by molar-refractivity contribution is 6.31. The van der Waals surface area contributed by atoms with Crippen molar-refractivity contribution in [3.63, 3.8) is 0 Å². The summed E-state index contributed by atoms with van der Waals surface area (Å²) < 4.78 is 0. The van der Waals surface area contributed by atoms with Crippen molar-refractivity contribution in [3.05, 3.63) is 34.3 Å². The molecule has 0 unspecified atom stereocenters. The molecule has 2 N–H and O–H groups in total. The second-order valence-electron chi connectivity index (χ2n) is 3.52. The van der Waals surface area contributed by atoms with E-state index in [1.54, 1.807) is 13.0 Å². The van der Waals surface area contributed by atoms with Crippen LogP contribution in [0, 0.1) is 6.92 Å². The lowest BCUT2D eigenvalue weighted by Crippen LogP contribution is -2.28. The monoisotopic (exact) mass is 211 g/mol. The number of Topliss-reactive ketones (excluding diaryl/α,β-unsaturated/α-hetero) is 1. The fourth-order valence-electron chi connectivity index (χ4n) is 1.18. The minimum atomic E-state index is -0.397. The van der Waals surface area contributed by atoms with Crippen LogP contribution < -0.4 is 5.73 Å². The zero-order valence-electron chi connectivity index (χ0n) is 8.38. The van der Waals surface area contributed by atoms with Crippen LogP contribution in [0.25, 0.3) is 0 Å². The highest BCUT2D eigenvalue weighted by Gasteiger charge is 2.08. The molecule has 2 nitrogen and oxygen atoms in total. The Labute approximate surface area is 89.1 Å². The number of hydrogen-bond donors (Lipinski definition) is 1. The lowest BCUT2D eigenvalue weighted by atomic mass is 10.0. The lowest BCUT2D eigenvalue weighted by Gasteiger charge is -2.05. The van der Waals surface area contributed by atoms with Gasteiger partial charge in [0.05, 0.1) is 6.04 Å². The highest BCUT2D eigenvalue weighted by Crippen LogP contribution is 2.16. The standard InChI is InChI=1S/C11H14ClNO/c1-7-5-9(3-4-10(7)12)6-11(14)8(2)13/h3-5,8H,6,13H2,1-2H3/t8-/m1/s1. The molecule has 0 saturated carbocycles. The summed E-state index contributed by atoms with van der Waals surface area (Å²) in [6.45, 7) is 3.62. The fraction of sp³-hybridized carbons (Fsp3) is 0.364. The van der Waals surface area contributed by atoms with Crippen LogP contribution in [-0.4, -0.2) is 11.8 Å². The number of nitrogens with two attached hydrogens (primary N) is 1. The Hall–Kier alpha value is -0.860. The third-order valence-corrected chi connectivity index (χ3v) is 2.53. The van der Waals surface area contributed by atoms with Gasteiger partial charge in [-0.2, -0.15) is 0 Å². The number of carbonyl (C=O) groups is 1. The molecular weight excluding hydrogens is 198 g/mol. The van der Waals surface area contributed by atoms with E-state index in [-0.39, 0.29) is 5.78 Å². The molecule has 0 spiro atoms. The largest absolute Gasteiger partial charge is 0.322 e. The van der Waals surface area contributed by atoms with Gasteiger partial charge < -0.3 is 5.73 Å². The first-order chi connectivity index (χ1) is 6.50. The summed E-state index contributed by atoms with van der Waals surface area (Å²) in [5.74, 6) is 0.0479. The van der Waals surface area contributed by atoms with Crippen molar-refractivity contribution in [2.45, 2.75) is 26.3 Å². The van der Waals surface area contributed by atoms with Crippen LogP contribution in [0.1, 0.15) is 18.1 Å². The van der Waals surface area contributed by atoms with Gasteiger partial charge in [-0.15, -0.1) is 0 Å². The van der Waals surface area contributed by atoms with Gasteiger partial charge in [0.25, 0.3) is 0 Å². The van der Waals surface area contributed by atoms with Crippen molar-refractivity contribution >= 4 is 17.4 Å². The first-order valence-electron chi connectivity index (χ1n) is 4.54. The molecule has 0 heterocycles. The minimum absolute atomic E-state index is 0.0479. The molecule has 0 fully saturated rings. The maximum Gasteiger partial charge on any atom is 0.153 e. The number of rotatable bonds is 3. The molecule has 0 aliphatic rings. The zero-order valence-corrected chi connectivity index (χ0v) is 9.14. The van der Waals surface area contributed by atoms with Gasteiger partial charge in [-0.1, -0.05) is 23.7 Å². The molecule has 1 rings (SSSR count). The lowest BCUT2D eigenvalue weighted by molar-refractivity contribution is -0.119. The smallest absolute Gasteiger partial charge is 0.153 e. The van der Waals surface area contributed by atoms with Crippen LogP contribution in [0.2, 0.25) is 5.02 Å². The van der Waals surface area contributed by atoms with Crippen LogP contribution in [0.3, 0.4) is 0 Å². The van der Waals surface area contributed by atoms with Gasteiger partial charge in [0.15, 0.2) is 5.78 Å². The molecule has 0 amide bonds. The van der Waals surface area contributed by atoms with Crippen molar-refractivity contribution in [2.24, 2.45) is 5.73 Å². The molecule has 3 heteroatoms. The number of aryl methyl sites for hydroxylation is 1. The average molecular weight is 212 g/mol. The molecule has 0 aliphatic carbocycles. The Kier molecular flexibility index (Phi) is 3.67. The fourth-order valence-corrected chi connectivity index (χ4v) is 1.30. The Balaban J connectivity index is 2.78. The summed E-state index contributed by atoms with van der Waals surface area (Å²) in [6.07, 6.45) is 0.385. The number of ketones is 1. The van der Waals surface area contributed by atoms with E-state index < -0.39 is 6.04 Å². The first-order valence-corrected chi connectivity index (χ1v) is 4.92. The molecule has 0 saturated heterocycles. The maximum atomic E-state index is 11.4. The number of halogens is 1. The van der Waals surface area contributed by atoms with Gasteiger partial charge in [-0.3, -0.25) is 4.79 Å². The van der Waals surface area contributed by atoms with E-state index in [1.165, 1.54) is 0 Å².